The van der Waals surface area contributed by atoms with Crippen LogP contribution in [0.5, 0.6) is 0 Å². The summed E-state index contributed by atoms with van der Waals surface area (Å²) in [5.41, 5.74) is 7.42. The van der Waals surface area contributed by atoms with Crippen LogP contribution in [-0.4, -0.2) is 22.5 Å². The van der Waals surface area contributed by atoms with Gasteiger partial charge in [0.1, 0.15) is 11.3 Å². The highest BCUT2D eigenvalue weighted by Gasteiger charge is 2.22. The Morgan fingerprint density at radius 1 is 1.47 bits per heavy atom. The topological polar surface area (TPSA) is 72.4 Å². The van der Waals surface area contributed by atoms with Crippen LogP contribution < -0.4 is 16.6 Å². The van der Waals surface area contributed by atoms with Crippen molar-refractivity contribution in [1.82, 2.24) is 14.7 Å². The molecule has 0 radical (unpaired) electrons. The number of rotatable bonds is 1. The van der Waals surface area contributed by atoms with Crippen molar-refractivity contribution in [3.05, 3.63) is 40.4 Å². The number of anilines is 1. The fourth-order valence-electron chi connectivity index (χ4n) is 2.32. The van der Waals surface area contributed by atoms with Crippen molar-refractivity contribution >= 4 is 11.3 Å². The van der Waals surface area contributed by atoms with Gasteiger partial charge in [-0.15, -0.1) is 0 Å². The Balaban J connectivity index is 2.25. The van der Waals surface area contributed by atoms with Crippen molar-refractivity contribution in [1.29, 1.82) is 0 Å². The van der Waals surface area contributed by atoms with E-state index in [9.17, 15) is 4.79 Å². The number of nitrogen functional groups attached to an aromatic ring is 1. The lowest BCUT2D eigenvalue weighted by atomic mass is 10.0. The predicted octanol–water partition coefficient (Wildman–Crippen LogP) is 0.354. The average molecular weight is 230 g/mol. The molecule has 0 spiro atoms. The highest BCUT2D eigenvalue weighted by atomic mass is 16.1. The minimum absolute atomic E-state index is 0.169. The molecular weight excluding hydrogens is 216 g/mol. The van der Waals surface area contributed by atoms with Gasteiger partial charge in [-0.2, -0.15) is 0 Å². The maximum absolute atomic E-state index is 12.1. The van der Waals surface area contributed by atoms with Crippen molar-refractivity contribution in [3.8, 4) is 0 Å². The molecule has 3 rings (SSSR count). The lowest BCUT2D eigenvalue weighted by Gasteiger charge is -2.11. The van der Waals surface area contributed by atoms with Crippen molar-refractivity contribution in [2.45, 2.75) is 12.3 Å². The number of aromatic nitrogens is 2. The Morgan fingerprint density at radius 3 is 3.12 bits per heavy atom. The highest BCUT2D eigenvalue weighted by molar-refractivity contribution is 5.50. The molecule has 1 atom stereocenters. The van der Waals surface area contributed by atoms with E-state index in [0.717, 1.165) is 25.2 Å². The first kappa shape index (κ1) is 10.3. The second-order valence-electron chi connectivity index (χ2n) is 4.33. The van der Waals surface area contributed by atoms with Crippen LogP contribution in [0.4, 0.5) is 5.69 Å². The van der Waals surface area contributed by atoms with Gasteiger partial charge in [0.25, 0.3) is 5.56 Å². The number of nitrogens with one attached hydrogen (secondary N) is 1. The zero-order valence-electron chi connectivity index (χ0n) is 9.39. The van der Waals surface area contributed by atoms with E-state index >= 15 is 0 Å². The second-order valence-corrected chi connectivity index (χ2v) is 4.33. The Kier molecular flexibility index (Phi) is 2.33. The molecular formula is C12H14N4O. The third-order valence-electron chi connectivity index (χ3n) is 3.25. The van der Waals surface area contributed by atoms with Gasteiger partial charge < -0.3 is 11.1 Å². The van der Waals surface area contributed by atoms with Gasteiger partial charge in [0.05, 0.1) is 5.69 Å². The average Bonchev–Trinajstić information content (AvgIpc) is 2.87. The minimum atomic E-state index is -0.169. The lowest BCUT2D eigenvalue weighted by Crippen LogP contribution is -2.23. The molecule has 0 amide bonds. The Labute approximate surface area is 98.3 Å². The molecule has 3 N–H and O–H groups in total. The van der Waals surface area contributed by atoms with E-state index in [-0.39, 0.29) is 17.2 Å². The van der Waals surface area contributed by atoms with Crippen LogP contribution in [0.25, 0.3) is 5.65 Å². The monoisotopic (exact) mass is 230 g/mol. The lowest BCUT2D eigenvalue weighted by molar-refractivity contribution is 0.734. The molecule has 2 aromatic rings. The van der Waals surface area contributed by atoms with E-state index in [1.165, 1.54) is 4.40 Å². The van der Waals surface area contributed by atoms with Crippen LogP contribution in [0.2, 0.25) is 0 Å². The molecule has 88 valence electrons. The fourth-order valence-corrected chi connectivity index (χ4v) is 2.32. The van der Waals surface area contributed by atoms with E-state index in [1.807, 2.05) is 12.1 Å². The fraction of sp³-hybridized carbons (Fsp3) is 0.333. The zero-order valence-corrected chi connectivity index (χ0v) is 9.39. The summed E-state index contributed by atoms with van der Waals surface area (Å²) in [6.45, 7) is 1.81. The molecule has 2 aromatic heterocycles. The van der Waals surface area contributed by atoms with Gasteiger partial charge in [0.2, 0.25) is 0 Å². The number of hydrogen-bond donors (Lipinski definition) is 2. The first-order valence-corrected chi connectivity index (χ1v) is 5.75. The number of nitrogens with zero attached hydrogens (tertiary/aromatic N) is 2. The van der Waals surface area contributed by atoms with Gasteiger partial charge in [0.15, 0.2) is 0 Å². The molecule has 5 nitrogen and oxygen atoms in total. The van der Waals surface area contributed by atoms with Gasteiger partial charge >= 0.3 is 0 Å². The molecule has 0 aliphatic carbocycles. The molecule has 5 heteroatoms. The van der Waals surface area contributed by atoms with E-state index < -0.39 is 0 Å². The SMILES string of the molecule is Nc1c(C2CCNC2)nc2ccccn2c1=O. The zero-order chi connectivity index (χ0) is 11.8. The number of fused-ring (bicyclic) bond motifs is 1. The van der Waals surface area contributed by atoms with Crippen LogP contribution in [-0.2, 0) is 0 Å². The quantitative estimate of drug-likeness (QED) is 0.741. The van der Waals surface area contributed by atoms with Gasteiger partial charge in [-0.3, -0.25) is 9.20 Å². The normalized spacial score (nSPS) is 19.9. The summed E-state index contributed by atoms with van der Waals surface area (Å²) in [6.07, 6.45) is 2.68. The first-order valence-electron chi connectivity index (χ1n) is 5.75. The third kappa shape index (κ3) is 1.59. The number of hydrogen-bond acceptors (Lipinski definition) is 4. The highest BCUT2D eigenvalue weighted by Crippen LogP contribution is 2.23. The molecule has 0 bridgehead atoms. The van der Waals surface area contributed by atoms with Crippen LogP contribution in [0.15, 0.2) is 29.2 Å². The van der Waals surface area contributed by atoms with Gasteiger partial charge in [-0.25, -0.2) is 4.98 Å². The largest absolute Gasteiger partial charge is 0.393 e. The molecule has 1 aliphatic rings. The molecule has 1 unspecified atom stereocenters. The Bertz CT molecular complexity index is 613. The maximum atomic E-state index is 12.1. The number of pyridine rings is 1. The summed E-state index contributed by atoms with van der Waals surface area (Å²) in [4.78, 5) is 16.6. The van der Waals surface area contributed by atoms with E-state index in [4.69, 9.17) is 5.73 Å². The summed E-state index contributed by atoms with van der Waals surface area (Å²) < 4.78 is 1.49. The molecule has 0 aromatic carbocycles. The van der Waals surface area contributed by atoms with E-state index in [2.05, 4.69) is 10.3 Å². The first-order chi connectivity index (χ1) is 8.27. The van der Waals surface area contributed by atoms with E-state index in [0.29, 0.717) is 5.65 Å². The van der Waals surface area contributed by atoms with Gasteiger partial charge in [0, 0.05) is 18.7 Å². The molecule has 1 saturated heterocycles. The van der Waals surface area contributed by atoms with Crippen molar-refractivity contribution < 1.29 is 0 Å². The van der Waals surface area contributed by atoms with Crippen molar-refractivity contribution in [2.24, 2.45) is 0 Å². The Hall–Kier alpha value is -1.88. The standard InChI is InChI=1S/C12H14N4O/c13-10-11(8-4-5-14-7-8)15-9-3-1-2-6-16(9)12(10)17/h1-3,6,8,14H,4-5,7,13H2. The van der Waals surface area contributed by atoms with Crippen molar-refractivity contribution in [3.63, 3.8) is 0 Å². The molecule has 0 saturated carbocycles. The van der Waals surface area contributed by atoms with Crippen LogP contribution in [0.3, 0.4) is 0 Å². The maximum Gasteiger partial charge on any atom is 0.281 e. The van der Waals surface area contributed by atoms with E-state index in [1.54, 1.807) is 12.3 Å². The third-order valence-corrected chi connectivity index (χ3v) is 3.25. The second kappa shape index (κ2) is 3.85. The summed E-state index contributed by atoms with van der Waals surface area (Å²) in [7, 11) is 0. The summed E-state index contributed by atoms with van der Waals surface area (Å²) in [5, 5.41) is 3.26. The number of nitrogens with two attached hydrogens (primary N) is 1. The predicted molar refractivity (Wildman–Crippen MR) is 66.1 cm³/mol. The molecule has 3 heterocycles. The van der Waals surface area contributed by atoms with Gasteiger partial charge in [-0.1, -0.05) is 6.07 Å². The molecule has 17 heavy (non-hydrogen) atoms. The van der Waals surface area contributed by atoms with Crippen LogP contribution in [0.1, 0.15) is 18.0 Å². The molecule has 1 fully saturated rings. The minimum Gasteiger partial charge on any atom is -0.393 e. The van der Waals surface area contributed by atoms with Crippen LogP contribution >= 0.6 is 0 Å². The Morgan fingerprint density at radius 2 is 2.35 bits per heavy atom. The van der Waals surface area contributed by atoms with Gasteiger partial charge in [-0.05, 0) is 25.1 Å². The van der Waals surface area contributed by atoms with Crippen LogP contribution in [0, 0.1) is 0 Å². The molecule has 1 aliphatic heterocycles. The van der Waals surface area contributed by atoms with Crippen molar-refractivity contribution in [2.75, 3.05) is 18.8 Å². The summed E-state index contributed by atoms with van der Waals surface area (Å²) in [5.74, 6) is 0.257. The summed E-state index contributed by atoms with van der Waals surface area (Å²) >= 11 is 0. The smallest absolute Gasteiger partial charge is 0.281 e. The summed E-state index contributed by atoms with van der Waals surface area (Å²) in [6, 6.07) is 5.49.